The van der Waals surface area contributed by atoms with Crippen LogP contribution in [0.1, 0.15) is 41.0 Å². The summed E-state index contributed by atoms with van der Waals surface area (Å²) in [5.41, 5.74) is 0.530. The number of hydrogen-bond acceptors (Lipinski definition) is 3. The summed E-state index contributed by atoms with van der Waals surface area (Å²) in [4.78, 5) is 17.2. The van der Waals surface area contributed by atoms with Crippen molar-refractivity contribution in [1.82, 2.24) is 10.3 Å². The molecule has 0 spiro atoms. The van der Waals surface area contributed by atoms with Gasteiger partial charge in [0.15, 0.2) is 0 Å². The van der Waals surface area contributed by atoms with E-state index in [9.17, 15) is 4.79 Å². The Morgan fingerprint density at radius 1 is 1.47 bits per heavy atom. The zero-order chi connectivity index (χ0) is 13.7. The summed E-state index contributed by atoms with van der Waals surface area (Å²) in [7, 11) is 0. The highest BCUT2D eigenvalue weighted by Gasteiger charge is 2.16. The summed E-state index contributed by atoms with van der Waals surface area (Å²) in [6.07, 6.45) is 3.43. The van der Waals surface area contributed by atoms with Gasteiger partial charge in [-0.25, -0.2) is 4.98 Å². The van der Waals surface area contributed by atoms with E-state index in [0.29, 0.717) is 10.7 Å². The summed E-state index contributed by atoms with van der Waals surface area (Å²) in [5.74, 6) is -0.115. The van der Waals surface area contributed by atoms with Crippen LogP contribution in [0.3, 0.4) is 0 Å². The van der Waals surface area contributed by atoms with Crippen LogP contribution in [0.4, 0.5) is 0 Å². The van der Waals surface area contributed by atoms with E-state index < -0.39 is 0 Å². The highest BCUT2D eigenvalue weighted by atomic mass is 35.5. The highest BCUT2D eigenvalue weighted by Crippen LogP contribution is 2.23. The van der Waals surface area contributed by atoms with Crippen molar-refractivity contribution in [3.63, 3.8) is 0 Å². The number of aromatic nitrogens is 1. The molecule has 0 aliphatic rings. The number of pyridine rings is 1. The Morgan fingerprint density at radius 3 is 2.89 bits per heavy atom. The van der Waals surface area contributed by atoms with E-state index in [2.05, 4.69) is 17.2 Å². The van der Waals surface area contributed by atoms with Crippen molar-refractivity contribution in [3.05, 3.63) is 51.4 Å². The Labute approximate surface area is 121 Å². The molecule has 1 amide bonds. The van der Waals surface area contributed by atoms with Crippen molar-refractivity contribution in [2.45, 2.75) is 25.8 Å². The van der Waals surface area contributed by atoms with Crippen LogP contribution in [0, 0.1) is 0 Å². The van der Waals surface area contributed by atoms with E-state index in [-0.39, 0.29) is 11.9 Å². The molecule has 0 radical (unpaired) electrons. The van der Waals surface area contributed by atoms with E-state index in [1.165, 1.54) is 11.1 Å². The molecule has 2 aromatic rings. The zero-order valence-corrected chi connectivity index (χ0v) is 12.2. The van der Waals surface area contributed by atoms with Crippen LogP contribution < -0.4 is 5.32 Å². The van der Waals surface area contributed by atoms with Crippen molar-refractivity contribution in [3.8, 4) is 0 Å². The Bertz CT molecular complexity index is 525. The lowest BCUT2D eigenvalue weighted by molar-refractivity contribution is 0.0935. The SMILES string of the molecule is CCCC(NC(=O)c1ccc(Cl)nc1)c1cccs1. The molecule has 0 saturated heterocycles. The van der Waals surface area contributed by atoms with Crippen LogP contribution in [0.15, 0.2) is 35.8 Å². The molecule has 0 aliphatic heterocycles. The fraction of sp³-hybridized carbons (Fsp3) is 0.286. The number of nitrogens with zero attached hydrogens (tertiary/aromatic N) is 1. The first-order valence-electron chi connectivity index (χ1n) is 6.16. The fourth-order valence-electron chi connectivity index (χ4n) is 1.82. The van der Waals surface area contributed by atoms with Crippen molar-refractivity contribution in [2.75, 3.05) is 0 Å². The molecule has 2 aromatic heterocycles. The third kappa shape index (κ3) is 3.78. The lowest BCUT2D eigenvalue weighted by Gasteiger charge is -2.16. The van der Waals surface area contributed by atoms with Crippen molar-refractivity contribution >= 4 is 28.8 Å². The number of halogens is 1. The quantitative estimate of drug-likeness (QED) is 0.845. The molecule has 1 unspecified atom stereocenters. The Balaban J connectivity index is 2.09. The number of nitrogens with one attached hydrogen (secondary N) is 1. The van der Waals surface area contributed by atoms with Crippen LogP contribution in [0.2, 0.25) is 5.15 Å². The van der Waals surface area contributed by atoms with Crippen LogP contribution in [0.25, 0.3) is 0 Å². The van der Waals surface area contributed by atoms with E-state index in [0.717, 1.165) is 12.8 Å². The topological polar surface area (TPSA) is 42.0 Å². The number of carbonyl (C=O) groups excluding carboxylic acids is 1. The number of amides is 1. The second-order valence-electron chi connectivity index (χ2n) is 4.20. The van der Waals surface area contributed by atoms with Crippen LogP contribution >= 0.6 is 22.9 Å². The van der Waals surface area contributed by atoms with Gasteiger partial charge in [-0.2, -0.15) is 0 Å². The van der Waals surface area contributed by atoms with E-state index in [1.54, 1.807) is 23.5 Å². The lowest BCUT2D eigenvalue weighted by atomic mass is 10.1. The average molecular weight is 295 g/mol. The maximum atomic E-state index is 12.1. The molecule has 2 heterocycles. The van der Waals surface area contributed by atoms with Gasteiger partial charge in [0.2, 0.25) is 0 Å². The molecule has 0 bridgehead atoms. The minimum Gasteiger partial charge on any atom is -0.344 e. The van der Waals surface area contributed by atoms with E-state index in [1.807, 2.05) is 17.5 Å². The summed E-state index contributed by atoms with van der Waals surface area (Å²) in [5, 5.41) is 5.46. The minimum absolute atomic E-state index is 0.0631. The molecule has 0 aromatic carbocycles. The van der Waals surface area contributed by atoms with Gasteiger partial charge in [0.1, 0.15) is 5.15 Å². The van der Waals surface area contributed by atoms with Gasteiger partial charge in [0.05, 0.1) is 11.6 Å². The molecule has 3 nitrogen and oxygen atoms in total. The first kappa shape index (κ1) is 14.0. The van der Waals surface area contributed by atoms with Gasteiger partial charge in [-0.05, 0) is 30.0 Å². The summed E-state index contributed by atoms with van der Waals surface area (Å²) in [6, 6.07) is 7.41. The first-order chi connectivity index (χ1) is 9.20. The van der Waals surface area contributed by atoms with Gasteiger partial charge < -0.3 is 5.32 Å². The minimum atomic E-state index is -0.115. The Morgan fingerprint density at radius 2 is 2.32 bits per heavy atom. The van der Waals surface area contributed by atoms with Gasteiger partial charge in [0.25, 0.3) is 5.91 Å². The average Bonchev–Trinajstić information content (AvgIpc) is 2.92. The molecule has 1 N–H and O–H groups in total. The summed E-state index contributed by atoms with van der Waals surface area (Å²) < 4.78 is 0. The first-order valence-corrected chi connectivity index (χ1v) is 7.42. The lowest BCUT2D eigenvalue weighted by Crippen LogP contribution is -2.28. The predicted molar refractivity (Wildman–Crippen MR) is 78.7 cm³/mol. The smallest absolute Gasteiger partial charge is 0.253 e. The molecule has 0 aliphatic carbocycles. The second-order valence-corrected chi connectivity index (χ2v) is 5.57. The Hall–Kier alpha value is -1.39. The fourth-order valence-corrected chi connectivity index (χ4v) is 2.74. The standard InChI is InChI=1S/C14H15ClN2OS/c1-2-4-11(12-5-3-8-19-12)17-14(18)10-6-7-13(15)16-9-10/h3,5-9,11H,2,4H2,1H3,(H,17,18). The molecule has 0 fully saturated rings. The number of rotatable bonds is 5. The zero-order valence-electron chi connectivity index (χ0n) is 10.6. The van der Waals surface area contributed by atoms with Crippen LogP contribution in [-0.2, 0) is 0 Å². The number of thiophene rings is 1. The van der Waals surface area contributed by atoms with Gasteiger partial charge in [-0.15, -0.1) is 11.3 Å². The maximum absolute atomic E-state index is 12.1. The summed E-state index contributed by atoms with van der Waals surface area (Å²) >= 11 is 7.37. The Kier molecular flexibility index (Phi) is 4.93. The van der Waals surface area contributed by atoms with E-state index >= 15 is 0 Å². The monoisotopic (exact) mass is 294 g/mol. The molecule has 1 atom stereocenters. The molecule has 100 valence electrons. The third-order valence-electron chi connectivity index (χ3n) is 2.76. The predicted octanol–water partition coefficient (Wildman–Crippen LogP) is 4.07. The third-order valence-corrected chi connectivity index (χ3v) is 3.97. The number of hydrogen-bond donors (Lipinski definition) is 1. The second kappa shape index (κ2) is 6.68. The van der Waals surface area contributed by atoms with Gasteiger partial charge in [0, 0.05) is 11.1 Å². The molecular formula is C14H15ClN2OS. The molecule has 2 rings (SSSR count). The van der Waals surface area contributed by atoms with Gasteiger partial charge in [-0.1, -0.05) is 31.0 Å². The number of carbonyl (C=O) groups is 1. The largest absolute Gasteiger partial charge is 0.344 e. The van der Waals surface area contributed by atoms with Crippen LogP contribution in [0.5, 0.6) is 0 Å². The van der Waals surface area contributed by atoms with Crippen molar-refractivity contribution in [1.29, 1.82) is 0 Å². The maximum Gasteiger partial charge on any atom is 0.253 e. The van der Waals surface area contributed by atoms with Gasteiger partial charge in [-0.3, -0.25) is 4.79 Å². The van der Waals surface area contributed by atoms with E-state index in [4.69, 9.17) is 11.6 Å². The molecule has 5 heteroatoms. The van der Waals surface area contributed by atoms with Gasteiger partial charge >= 0.3 is 0 Å². The summed E-state index contributed by atoms with van der Waals surface area (Å²) in [6.45, 7) is 2.11. The molecular weight excluding hydrogens is 280 g/mol. The molecule has 0 saturated carbocycles. The molecule has 19 heavy (non-hydrogen) atoms. The van der Waals surface area contributed by atoms with Crippen molar-refractivity contribution in [2.24, 2.45) is 0 Å². The highest BCUT2D eigenvalue weighted by molar-refractivity contribution is 7.10. The van der Waals surface area contributed by atoms with Crippen molar-refractivity contribution < 1.29 is 4.79 Å². The normalized spacial score (nSPS) is 12.1. The van der Waals surface area contributed by atoms with Crippen LogP contribution in [-0.4, -0.2) is 10.9 Å².